The van der Waals surface area contributed by atoms with Crippen molar-refractivity contribution in [3.8, 4) is 0 Å². The van der Waals surface area contributed by atoms with Gasteiger partial charge in [-0.05, 0) is 37.1 Å². The van der Waals surface area contributed by atoms with Crippen LogP contribution in [-0.2, 0) is 24.4 Å². The number of carboxylic acid groups (broad SMARTS) is 2. The van der Waals surface area contributed by atoms with Gasteiger partial charge >= 0.3 is 11.9 Å². The molecule has 1 amide bonds. The molecule has 24 heavy (non-hydrogen) atoms. The van der Waals surface area contributed by atoms with Gasteiger partial charge in [-0.1, -0.05) is 0 Å². The Morgan fingerprint density at radius 3 is 2.29 bits per heavy atom. The minimum Gasteiger partial charge on any atom is -0.481 e. The van der Waals surface area contributed by atoms with Gasteiger partial charge in [0.15, 0.2) is 0 Å². The van der Waals surface area contributed by atoms with E-state index in [1.165, 1.54) is 32.0 Å². The third-order valence-corrected chi connectivity index (χ3v) is 4.66. The van der Waals surface area contributed by atoms with Crippen molar-refractivity contribution >= 4 is 33.6 Å². The fraction of sp³-hybridized carbons (Fsp3) is 0.357. The number of carbonyl (C=O) groups is 3. The Morgan fingerprint density at radius 1 is 1.21 bits per heavy atom. The molecule has 0 spiro atoms. The maximum absolute atomic E-state index is 12.3. The Labute approximate surface area is 138 Å². The SMILES string of the molecule is CC(=O)Nc1ccc(S(=O)(=O)N[C@@H](CCC(=O)O)C(=O)O)c(C)c1. The lowest BCUT2D eigenvalue weighted by atomic mass is 10.2. The molecule has 1 aromatic rings. The number of rotatable bonds is 8. The molecule has 0 aliphatic carbocycles. The molecule has 1 atom stereocenters. The second kappa shape index (κ2) is 7.88. The van der Waals surface area contributed by atoms with E-state index in [0.29, 0.717) is 11.3 Å². The molecule has 0 aliphatic heterocycles. The highest BCUT2D eigenvalue weighted by molar-refractivity contribution is 7.89. The quantitative estimate of drug-likeness (QED) is 0.530. The first kappa shape index (κ1) is 19.6. The summed E-state index contributed by atoms with van der Waals surface area (Å²) in [4.78, 5) is 32.5. The third kappa shape index (κ3) is 5.63. The lowest BCUT2D eigenvalue weighted by molar-refractivity contribution is -0.140. The molecule has 0 saturated carbocycles. The van der Waals surface area contributed by atoms with Gasteiger partial charge in [-0.15, -0.1) is 0 Å². The van der Waals surface area contributed by atoms with Crippen molar-refractivity contribution in [3.05, 3.63) is 23.8 Å². The summed E-state index contributed by atoms with van der Waals surface area (Å²) in [5.74, 6) is -3.01. The number of hydrogen-bond acceptors (Lipinski definition) is 5. The smallest absolute Gasteiger partial charge is 0.321 e. The standard InChI is InChI=1S/C14H18N2O7S/c1-8-7-10(15-9(2)17)3-5-12(8)24(22,23)16-11(14(20)21)4-6-13(18)19/h3,5,7,11,16H,4,6H2,1-2H3,(H,15,17)(H,18,19)(H,20,21)/t11-/m0/s1. The molecule has 0 radical (unpaired) electrons. The average Bonchev–Trinajstić information content (AvgIpc) is 2.41. The van der Waals surface area contributed by atoms with Crippen LogP contribution in [0.2, 0.25) is 0 Å². The van der Waals surface area contributed by atoms with Crippen molar-refractivity contribution < 1.29 is 33.0 Å². The molecule has 9 nitrogen and oxygen atoms in total. The van der Waals surface area contributed by atoms with Crippen LogP contribution >= 0.6 is 0 Å². The summed E-state index contributed by atoms with van der Waals surface area (Å²) in [6.07, 6.45) is -0.868. The van der Waals surface area contributed by atoms with E-state index in [-0.39, 0.29) is 17.2 Å². The summed E-state index contributed by atoms with van der Waals surface area (Å²) in [5.41, 5.74) is 0.704. The first-order valence-electron chi connectivity index (χ1n) is 6.88. The van der Waals surface area contributed by atoms with Crippen LogP contribution in [0.15, 0.2) is 23.1 Å². The number of carbonyl (C=O) groups excluding carboxylic acids is 1. The van der Waals surface area contributed by atoms with E-state index in [2.05, 4.69) is 5.32 Å². The van der Waals surface area contributed by atoms with E-state index in [1.54, 1.807) is 0 Å². The van der Waals surface area contributed by atoms with E-state index >= 15 is 0 Å². The molecule has 0 bridgehead atoms. The van der Waals surface area contributed by atoms with Crippen molar-refractivity contribution in [2.75, 3.05) is 5.32 Å². The number of aliphatic carboxylic acids is 2. The van der Waals surface area contributed by atoms with Crippen LogP contribution in [0.5, 0.6) is 0 Å². The number of anilines is 1. The lowest BCUT2D eigenvalue weighted by Crippen LogP contribution is -2.41. The number of nitrogens with one attached hydrogen (secondary N) is 2. The summed E-state index contributed by atoms with van der Waals surface area (Å²) < 4.78 is 26.7. The summed E-state index contributed by atoms with van der Waals surface area (Å²) >= 11 is 0. The van der Waals surface area contributed by atoms with Gasteiger partial charge in [-0.2, -0.15) is 4.72 Å². The predicted octanol–water partition coefficient (Wildman–Crippen LogP) is 0.550. The van der Waals surface area contributed by atoms with Crippen LogP contribution < -0.4 is 10.0 Å². The summed E-state index contributed by atoms with van der Waals surface area (Å²) in [7, 11) is -4.16. The predicted molar refractivity (Wildman–Crippen MR) is 84.1 cm³/mol. The van der Waals surface area contributed by atoms with Gasteiger partial charge in [0.1, 0.15) is 6.04 Å². The largest absolute Gasteiger partial charge is 0.481 e. The van der Waals surface area contributed by atoms with Crippen molar-refractivity contribution in [3.63, 3.8) is 0 Å². The van der Waals surface area contributed by atoms with Crippen LogP contribution in [0.25, 0.3) is 0 Å². The lowest BCUT2D eigenvalue weighted by Gasteiger charge is -2.15. The Balaban J connectivity index is 3.03. The zero-order chi connectivity index (χ0) is 18.5. The highest BCUT2D eigenvalue weighted by atomic mass is 32.2. The Hall–Kier alpha value is -2.46. The van der Waals surface area contributed by atoms with E-state index in [4.69, 9.17) is 10.2 Å². The fourth-order valence-electron chi connectivity index (χ4n) is 1.98. The highest BCUT2D eigenvalue weighted by Gasteiger charge is 2.27. The molecule has 4 N–H and O–H groups in total. The van der Waals surface area contributed by atoms with Crippen LogP contribution in [-0.4, -0.2) is 42.5 Å². The number of amides is 1. The molecule has 0 aliphatic rings. The molecular weight excluding hydrogens is 340 g/mol. The normalized spacial score (nSPS) is 12.4. The van der Waals surface area contributed by atoms with Crippen molar-refractivity contribution in [2.45, 2.75) is 37.6 Å². The fourth-order valence-corrected chi connectivity index (χ4v) is 3.43. The van der Waals surface area contributed by atoms with Crippen molar-refractivity contribution in [2.24, 2.45) is 0 Å². The second-order valence-corrected chi connectivity index (χ2v) is 6.79. The summed E-state index contributed by atoms with van der Waals surface area (Å²) in [5, 5.41) is 20.1. The first-order chi connectivity index (χ1) is 11.0. The van der Waals surface area contributed by atoms with Gasteiger partial charge in [-0.3, -0.25) is 14.4 Å². The first-order valence-corrected chi connectivity index (χ1v) is 8.36. The molecular formula is C14H18N2O7S. The van der Waals surface area contributed by atoms with E-state index in [9.17, 15) is 22.8 Å². The number of hydrogen-bond donors (Lipinski definition) is 4. The Kier molecular flexibility index (Phi) is 6.43. The molecule has 132 valence electrons. The maximum Gasteiger partial charge on any atom is 0.321 e. The zero-order valence-electron chi connectivity index (χ0n) is 13.1. The number of sulfonamides is 1. The van der Waals surface area contributed by atoms with E-state index in [0.717, 1.165) is 0 Å². The molecule has 0 fully saturated rings. The minimum absolute atomic E-state index is 0.154. The summed E-state index contributed by atoms with van der Waals surface area (Å²) in [6.45, 7) is 2.80. The van der Waals surface area contributed by atoms with Gasteiger partial charge in [0.25, 0.3) is 0 Å². The van der Waals surface area contributed by atoms with Gasteiger partial charge in [-0.25, -0.2) is 8.42 Å². The van der Waals surface area contributed by atoms with Crippen molar-refractivity contribution in [1.29, 1.82) is 0 Å². The van der Waals surface area contributed by atoms with Gasteiger partial charge in [0, 0.05) is 19.0 Å². The van der Waals surface area contributed by atoms with Crippen LogP contribution in [0.3, 0.4) is 0 Å². The van der Waals surface area contributed by atoms with Gasteiger partial charge < -0.3 is 15.5 Å². The Morgan fingerprint density at radius 2 is 1.83 bits per heavy atom. The topological polar surface area (TPSA) is 150 Å². The molecule has 1 aromatic carbocycles. The number of aryl methyl sites for hydroxylation is 1. The monoisotopic (exact) mass is 358 g/mol. The molecule has 10 heteroatoms. The van der Waals surface area contributed by atoms with Crippen molar-refractivity contribution in [1.82, 2.24) is 4.72 Å². The molecule has 0 saturated heterocycles. The second-order valence-electron chi connectivity index (χ2n) is 5.11. The zero-order valence-corrected chi connectivity index (χ0v) is 13.9. The van der Waals surface area contributed by atoms with Crippen LogP contribution in [0.1, 0.15) is 25.3 Å². The molecule has 0 aromatic heterocycles. The average molecular weight is 358 g/mol. The van der Waals surface area contributed by atoms with E-state index in [1.807, 2.05) is 4.72 Å². The third-order valence-electron chi connectivity index (χ3n) is 3.03. The summed E-state index contributed by atoms with van der Waals surface area (Å²) in [6, 6.07) is 2.48. The number of carboxylic acids is 2. The molecule has 1 rings (SSSR count). The van der Waals surface area contributed by atoms with Gasteiger partial charge in [0.05, 0.1) is 4.90 Å². The molecule has 0 unspecified atom stereocenters. The number of benzene rings is 1. The van der Waals surface area contributed by atoms with Gasteiger partial charge in [0.2, 0.25) is 15.9 Å². The maximum atomic E-state index is 12.3. The minimum atomic E-state index is -4.16. The van der Waals surface area contributed by atoms with Crippen LogP contribution in [0, 0.1) is 6.92 Å². The van der Waals surface area contributed by atoms with E-state index < -0.39 is 34.4 Å². The Bertz CT molecular complexity index is 758. The van der Waals surface area contributed by atoms with Crippen LogP contribution in [0.4, 0.5) is 5.69 Å². The molecule has 0 heterocycles. The highest BCUT2D eigenvalue weighted by Crippen LogP contribution is 2.20.